The SMILES string of the molecule is Cc1cc(C)c(CNC(=O)c2cc(-c3cccc(OC(F)(F)F)c3)cc3c2cnn3C2CCCC2)c(=O)[nH]1. The number of nitrogens with one attached hydrogen (secondary N) is 2. The molecule has 0 unspecified atom stereocenters. The molecule has 7 nitrogen and oxygen atoms in total. The van der Waals surface area contributed by atoms with E-state index in [9.17, 15) is 22.8 Å². The molecule has 1 aliphatic carbocycles. The van der Waals surface area contributed by atoms with Gasteiger partial charge in [0.2, 0.25) is 0 Å². The van der Waals surface area contributed by atoms with Crippen molar-refractivity contribution in [3.63, 3.8) is 0 Å². The molecule has 2 heterocycles. The molecular weight excluding hydrogens is 497 g/mol. The normalized spacial score (nSPS) is 14.2. The minimum Gasteiger partial charge on any atom is -0.406 e. The Hall–Kier alpha value is -4.08. The van der Waals surface area contributed by atoms with Gasteiger partial charge in [-0.1, -0.05) is 25.0 Å². The van der Waals surface area contributed by atoms with Crippen LogP contribution in [0.4, 0.5) is 13.2 Å². The van der Waals surface area contributed by atoms with E-state index in [0.29, 0.717) is 27.6 Å². The molecule has 0 radical (unpaired) electrons. The molecule has 0 aliphatic heterocycles. The molecule has 1 aliphatic rings. The molecule has 198 valence electrons. The van der Waals surface area contributed by atoms with Gasteiger partial charge in [-0.15, -0.1) is 13.2 Å². The largest absolute Gasteiger partial charge is 0.573 e. The van der Waals surface area contributed by atoms with E-state index in [-0.39, 0.29) is 23.9 Å². The van der Waals surface area contributed by atoms with Gasteiger partial charge in [0.15, 0.2) is 0 Å². The molecule has 2 N–H and O–H groups in total. The maximum Gasteiger partial charge on any atom is 0.573 e. The Kier molecular flexibility index (Phi) is 6.73. The first-order valence-electron chi connectivity index (χ1n) is 12.4. The van der Waals surface area contributed by atoms with Gasteiger partial charge in [-0.3, -0.25) is 14.3 Å². The van der Waals surface area contributed by atoms with Crippen molar-refractivity contribution in [2.24, 2.45) is 0 Å². The first-order valence-corrected chi connectivity index (χ1v) is 12.4. The van der Waals surface area contributed by atoms with E-state index in [1.165, 1.54) is 18.2 Å². The average Bonchev–Trinajstić information content (AvgIpc) is 3.51. The summed E-state index contributed by atoms with van der Waals surface area (Å²) in [5.74, 6) is -0.760. The first-order chi connectivity index (χ1) is 18.1. The maximum atomic E-state index is 13.5. The van der Waals surface area contributed by atoms with Gasteiger partial charge in [-0.25, -0.2) is 0 Å². The Bertz CT molecular complexity index is 1570. The third kappa shape index (κ3) is 5.29. The van der Waals surface area contributed by atoms with Crippen molar-refractivity contribution in [1.82, 2.24) is 20.1 Å². The number of amides is 1. The lowest BCUT2D eigenvalue weighted by atomic mass is 9.99. The highest BCUT2D eigenvalue weighted by molar-refractivity contribution is 6.08. The lowest BCUT2D eigenvalue weighted by Crippen LogP contribution is -2.28. The molecular formula is C28H27F3N4O3. The number of halogens is 3. The van der Waals surface area contributed by atoms with Crippen molar-refractivity contribution in [2.75, 3.05) is 0 Å². The number of ether oxygens (including phenoxy) is 1. The molecule has 2 aromatic carbocycles. The molecule has 10 heteroatoms. The summed E-state index contributed by atoms with van der Waals surface area (Å²) in [5.41, 5.74) is 3.75. The zero-order valence-corrected chi connectivity index (χ0v) is 21.0. The van der Waals surface area contributed by atoms with Crippen LogP contribution in [0.2, 0.25) is 0 Å². The van der Waals surface area contributed by atoms with Crippen LogP contribution >= 0.6 is 0 Å². The average molecular weight is 525 g/mol. The van der Waals surface area contributed by atoms with Crippen molar-refractivity contribution < 1.29 is 22.7 Å². The molecule has 5 rings (SSSR count). The van der Waals surface area contributed by atoms with E-state index >= 15 is 0 Å². The molecule has 1 fully saturated rings. The number of alkyl halides is 3. The number of hydrogen-bond acceptors (Lipinski definition) is 4. The smallest absolute Gasteiger partial charge is 0.406 e. The number of H-pyrrole nitrogens is 1. The summed E-state index contributed by atoms with van der Waals surface area (Å²) >= 11 is 0. The number of nitrogens with zero attached hydrogens (tertiary/aromatic N) is 2. The Labute approximate surface area is 216 Å². The molecule has 0 saturated heterocycles. The summed E-state index contributed by atoms with van der Waals surface area (Å²) in [7, 11) is 0. The van der Waals surface area contributed by atoms with Crippen LogP contribution in [-0.4, -0.2) is 27.0 Å². The summed E-state index contributed by atoms with van der Waals surface area (Å²) in [6, 6.07) is 11.2. The van der Waals surface area contributed by atoms with Crippen LogP contribution in [0.15, 0.2) is 53.5 Å². The summed E-state index contributed by atoms with van der Waals surface area (Å²) in [5, 5.41) is 8.06. The highest BCUT2D eigenvalue weighted by atomic mass is 19.4. The molecule has 1 amide bonds. The number of carbonyl (C=O) groups excluding carboxylic acids is 1. The predicted molar refractivity (Wildman–Crippen MR) is 137 cm³/mol. The monoisotopic (exact) mass is 524 g/mol. The number of aryl methyl sites for hydroxylation is 2. The lowest BCUT2D eigenvalue weighted by Gasteiger charge is -2.15. The van der Waals surface area contributed by atoms with Gasteiger partial charge >= 0.3 is 6.36 Å². The highest BCUT2D eigenvalue weighted by Gasteiger charge is 2.31. The molecule has 2 aromatic heterocycles. The van der Waals surface area contributed by atoms with Crippen molar-refractivity contribution in [2.45, 2.75) is 58.5 Å². The maximum absolute atomic E-state index is 13.5. The van der Waals surface area contributed by atoms with E-state index in [4.69, 9.17) is 0 Å². The summed E-state index contributed by atoms with van der Waals surface area (Å²) in [6.45, 7) is 3.62. The molecule has 0 atom stereocenters. The lowest BCUT2D eigenvalue weighted by molar-refractivity contribution is -0.274. The third-order valence-electron chi connectivity index (χ3n) is 6.95. The Morgan fingerprint density at radius 3 is 2.61 bits per heavy atom. The van der Waals surface area contributed by atoms with E-state index in [0.717, 1.165) is 42.5 Å². The summed E-state index contributed by atoms with van der Waals surface area (Å²) in [6.07, 6.45) is 0.931. The summed E-state index contributed by atoms with van der Waals surface area (Å²) < 4.78 is 44.5. The van der Waals surface area contributed by atoms with Gasteiger partial charge in [0, 0.05) is 23.2 Å². The first kappa shape index (κ1) is 25.6. The fourth-order valence-corrected chi connectivity index (χ4v) is 5.18. The van der Waals surface area contributed by atoms with Crippen LogP contribution in [-0.2, 0) is 6.54 Å². The Morgan fingerprint density at radius 1 is 1.13 bits per heavy atom. The number of rotatable bonds is 6. The fraction of sp³-hybridized carbons (Fsp3) is 0.321. The van der Waals surface area contributed by atoms with Crippen LogP contribution < -0.4 is 15.6 Å². The van der Waals surface area contributed by atoms with Crippen LogP contribution in [0.25, 0.3) is 22.0 Å². The van der Waals surface area contributed by atoms with Crippen molar-refractivity contribution in [3.05, 3.63) is 81.4 Å². The van der Waals surface area contributed by atoms with Crippen LogP contribution in [0, 0.1) is 13.8 Å². The third-order valence-corrected chi connectivity index (χ3v) is 6.95. The van der Waals surface area contributed by atoms with Gasteiger partial charge < -0.3 is 15.0 Å². The number of aromatic nitrogens is 3. The van der Waals surface area contributed by atoms with Crippen molar-refractivity contribution >= 4 is 16.8 Å². The number of benzene rings is 2. The van der Waals surface area contributed by atoms with Crippen molar-refractivity contribution in [3.8, 4) is 16.9 Å². The highest BCUT2D eigenvalue weighted by Crippen LogP contribution is 2.36. The minimum absolute atomic E-state index is 0.0255. The second-order valence-electron chi connectivity index (χ2n) is 9.69. The van der Waals surface area contributed by atoms with Gasteiger partial charge in [0.1, 0.15) is 5.75 Å². The molecule has 1 saturated carbocycles. The van der Waals surface area contributed by atoms with E-state index in [1.807, 2.05) is 23.7 Å². The van der Waals surface area contributed by atoms with Gasteiger partial charge in [-0.2, -0.15) is 5.10 Å². The minimum atomic E-state index is -4.82. The number of fused-ring (bicyclic) bond motifs is 1. The van der Waals surface area contributed by atoms with Gasteiger partial charge in [0.25, 0.3) is 11.5 Å². The van der Waals surface area contributed by atoms with Crippen LogP contribution in [0.5, 0.6) is 5.75 Å². The second kappa shape index (κ2) is 10.00. The number of pyridine rings is 1. The Morgan fingerprint density at radius 2 is 1.89 bits per heavy atom. The number of carbonyl (C=O) groups is 1. The molecule has 0 spiro atoms. The van der Waals surface area contributed by atoms with E-state index in [2.05, 4.69) is 20.1 Å². The van der Waals surface area contributed by atoms with E-state index < -0.39 is 12.3 Å². The predicted octanol–water partition coefficient (Wildman–Crippen LogP) is 5.95. The van der Waals surface area contributed by atoms with Gasteiger partial charge in [-0.05, 0) is 73.7 Å². The second-order valence-corrected chi connectivity index (χ2v) is 9.69. The zero-order valence-electron chi connectivity index (χ0n) is 21.0. The van der Waals surface area contributed by atoms with E-state index in [1.54, 1.807) is 25.3 Å². The Balaban J connectivity index is 1.56. The zero-order chi connectivity index (χ0) is 27.0. The topological polar surface area (TPSA) is 89.0 Å². The summed E-state index contributed by atoms with van der Waals surface area (Å²) in [4.78, 5) is 28.6. The number of aromatic amines is 1. The van der Waals surface area contributed by atoms with Crippen molar-refractivity contribution in [1.29, 1.82) is 0 Å². The number of hydrogen-bond donors (Lipinski definition) is 2. The van der Waals surface area contributed by atoms with Crippen LogP contribution in [0.1, 0.15) is 58.9 Å². The molecule has 0 bridgehead atoms. The standard InChI is InChI=1S/C28H27F3N4O3/c1-16-10-17(2)34-27(37)23(16)14-32-26(36)22-12-19(18-6-5-9-21(11-18)38-28(29,30)31)13-25-24(22)15-33-35(25)20-7-3-4-8-20/h5-6,9-13,15,20H,3-4,7-8,14H2,1-2H3,(H,32,36)(H,34,37). The molecule has 38 heavy (non-hydrogen) atoms. The molecule has 4 aromatic rings. The quantitative estimate of drug-likeness (QED) is 0.326. The fourth-order valence-electron chi connectivity index (χ4n) is 5.18. The van der Waals surface area contributed by atoms with Crippen LogP contribution in [0.3, 0.4) is 0 Å². The van der Waals surface area contributed by atoms with Gasteiger partial charge in [0.05, 0.1) is 23.3 Å².